The van der Waals surface area contributed by atoms with Gasteiger partial charge in [-0.25, -0.2) is 4.39 Å². The Labute approximate surface area is 71.0 Å². The molecule has 14 heavy (non-hydrogen) atoms. The summed E-state index contributed by atoms with van der Waals surface area (Å²) in [6.07, 6.45) is -15.9. The van der Waals surface area contributed by atoms with Crippen LogP contribution in [0.25, 0.3) is 0 Å². The lowest BCUT2D eigenvalue weighted by atomic mass is 10.1. The molecule has 0 bridgehead atoms. The van der Waals surface area contributed by atoms with E-state index in [1.165, 1.54) is 0 Å². The van der Waals surface area contributed by atoms with E-state index in [0.29, 0.717) is 0 Å². The van der Waals surface area contributed by atoms with Gasteiger partial charge in [-0.3, -0.25) is 0 Å². The van der Waals surface area contributed by atoms with E-state index < -0.39 is 30.2 Å². The van der Waals surface area contributed by atoms with Crippen LogP contribution in [0.4, 0.5) is 39.5 Å². The van der Waals surface area contributed by atoms with Crippen LogP contribution in [0.1, 0.15) is 0 Å². The molecule has 0 nitrogen and oxygen atoms in total. The molecule has 0 aliphatic carbocycles. The predicted molar refractivity (Wildman–Crippen MR) is 26.0 cm³/mol. The SMILES string of the molecule is FC(F)=C(F)C(C(F)(F)F)C(F)(F)F. The average molecular weight is 232 g/mol. The fraction of sp³-hybridized carbons (Fsp3) is 0.600. The minimum absolute atomic E-state index is 3.52. The molecule has 0 aliphatic rings. The van der Waals surface area contributed by atoms with Gasteiger partial charge < -0.3 is 0 Å². The molecule has 0 fully saturated rings. The first-order valence-electron chi connectivity index (χ1n) is 2.82. The van der Waals surface area contributed by atoms with Crippen molar-refractivity contribution in [1.29, 1.82) is 0 Å². The Kier molecular flexibility index (Phi) is 3.46. The van der Waals surface area contributed by atoms with Crippen molar-refractivity contribution in [1.82, 2.24) is 0 Å². The highest BCUT2D eigenvalue weighted by Crippen LogP contribution is 2.45. The maximum Gasteiger partial charge on any atom is 0.407 e. The highest BCUT2D eigenvalue weighted by Gasteiger charge is 2.60. The lowest BCUT2D eigenvalue weighted by Gasteiger charge is -2.20. The molecular weight excluding hydrogens is 231 g/mol. The zero-order valence-electron chi connectivity index (χ0n) is 5.98. The van der Waals surface area contributed by atoms with Gasteiger partial charge in [-0.1, -0.05) is 0 Å². The van der Waals surface area contributed by atoms with Crippen LogP contribution in [0.2, 0.25) is 0 Å². The lowest BCUT2D eigenvalue weighted by Crippen LogP contribution is -2.37. The van der Waals surface area contributed by atoms with Crippen molar-refractivity contribution in [3.8, 4) is 0 Å². The standard InChI is InChI=1S/C5HF9/c6-1(3(7)8)2(4(9,10)11)5(12,13)14/h2H. The first kappa shape index (κ1) is 13.1. The molecule has 0 unspecified atom stereocenters. The Balaban J connectivity index is 5.27. The van der Waals surface area contributed by atoms with E-state index in [2.05, 4.69) is 0 Å². The molecule has 0 rings (SSSR count). The molecule has 0 aromatic rings. The number of rotatable bonds is 1. The molecule has 9 heteroatoms. The fourth-order valence-electron chi connectivity index (χ4n) is 0.582. The van der Waals surface area contributed by atoms with Gasteiger partial charge in [0.25, 0.3) is 0 Å². The van der Waals surface area contributed by atoms with Gasteiger partial charge in [-0.05, 0) is 0 Å². The summed E-state index contributed by atoms with van der Waals surface area (Å²) in [5.41, 5.74) is 0. The number of allylic oxidation sites excluding steroid dienone is 1. The second-order valence-electron chi connectivity index (χ2n) is 2.12. The number of alkyl halides is 6. The molecule has 0 N–H and O–H groups in total. The molecule has 84 valence electrons. The third kappa shape index (κ3) is 3.11. The van der Waals surface area contributed by atoms with Gasteiger partial charge in [0.1, 0.15) is 0 Å². The Bertz CT molecular complexity index is 213. The molecular formula is C5HF9. The second kappa shape index (κ2) is 3.70. The van der Waals surface area contributed by atoms with Crippen LogP contribution in [0.15, 0.2) is 11.9 Å². The predicted octanol–water partition coefficient (Wildman–Crippen LogP) is 3.80. The summed E-state index contributed by atoms with van der Waals surface area (Å²) in [4.78, 5) is 0. The molecule has 0 atom stereocenters. The largest absolute Gasteiger partial charge is 0.407 e. The Hall–Kier alpha value is -0.890. The van der Waals surface area contributed by atoms with Crippen LogP contribution in [0.5, 0.6) is 0 Å². The molecule has 0 spiro atoms. The summed E-state index contributed by atoms with van der Waals surface area (Å²) in [5, 5.41) is 0. The van der Waals surface area contributed by atoms with E-state index in [0.717, 1.165) is 0 Å². The molecule has 0 saturated heterocycles. The molecule has 0 radical (unpaired) electrons. The third-order valence-corrected chi connectivity index (χ3v) is 1.09. The number of hydrogen-bond acceptors (Lipinski definition) is 0. The lowest BCUT2D eigenvalue weighted by molar-refractivity contribution is -0.276. The van der Waals surface area contributed by atoms with Crippen molar-refractivity contribution in [3.05, 3.63) is 11.9 Å². The fourth-order valence-corrected chi connectivity index (χ4v) is 0.582. The van der Waals surface area contributed by atoms with E-state index in [-0.39, 0.29) is 0 Å². The summed E-state index contributed by atoms with van der Waals surface area (Å²) >= 11 is 0. The minimum Gasteiger partial charge on any atom is -0.205 e. The van der Waals surface area contributed by atoms with Gasteiger partial charge in [-0.2, -0.15) is 35.1 Å². The normalized spacial score (nSPS) is 13.3. The molecule has 0 aromatic carbocycles. The molecule has 0 saturated carbocycles. The Morgan fingerprint density at radius 1 is 0.714 bits per heavy atom. The Morgan fingerprint density at radius 3 is 1.07 bits per heavy atom. The van der Waals surface area contributed by atoms with Gasteiger partial charge in [0.2, 0.25) is 5.92 Å². The maximum absolute atomic E-state index is 11.9. The van der Waals surface area contributed by atoms with E-state index in [4.69, 9.17) is 0 Å². The van der Waals surface area contributed by atoms with Crippen LogP contribution < -0.4 is 0 Å². The van der Waals surface area contributed by atoms with E-state index >= 15 is 0 Å². The number of hydrogen-bond donors (Lipinski definition) is 0. The second-order valence-corrected chi connectivity index (χ2v) is 2.12. The minimum atomic E-state index is -6.13. The summed E-state index contributed by atoms with van der Waals surface area (Å²) < 4.78 is 103. The number of halogens is 9. The topological polar surface area (TPSA) is 0 Å². The van der Waals surface area contributed by atoms with Crippen molar-refractivity contribution in [2.45, 2.75) is 12.4 Å². The molecule has 0 aromatic heterocycles. The smallest absolute Gasteiger partial charge is 0.205 e. The van der Waals surface area contributed by atoms with E-state index in [1.54, 1.807) is 0 Å². The van der Waals surface area contributed by atoms with Crippen molar-refractivity contribution >= 4 is 0 Å². The summed E-state index contributed by atoms with van der Waals surface area (Å²) in [7, 11) is 0. The summed E-state index contributed by atoms with van der Waals surface area (Å²) in [6.45, 7) is 0. The van der Waals surface area contributed by atoms with Crippen LogP contribution >= 0.6 is 0 Å². The highest BCUT2D eigenvalue weighted by atomic mass is 19.4. The summed E-state index contributed by atoms with van der Waals surface area (Å²) in [5.74, 6) is -8.29. The van der Waals surface area contributed by atoms with Gasteiger partial charge in [0.15, 0.2) is 5.83 Å². The quantitative estimate of drug-likeness (QED) is 0.603. The average Bonchev–Trinajstić information content (AvgIpc) is 1.79. The summed E-state index contributed by atoms with van der Waals surface area (Å²) in [6, 6.07) is 0. The van der Waals surface area contributed by atoms with Gasteiger partial charge in [-0.15, -0.1) is 0 Å². The van der Waals surface area contributed by atoms with Crippen LogP contribution in [0, 0.1) is 5.92 Å². The van der Waals surface area contributed by atoms with Gasteiger partial charge >= 0.3 is 18.4 Å². The van der Waals surface area contributed by atoms with E-state index in [1.807, 2.05) is 0 Å². The van der Waals surface area contributed by atoms with Crippen molar-refractivity contribution in [2.24, 2.45) is 5.92 Å². The van der Waals surface area contributed by atoms with Crippen molar-refractivity contribution < 1.29 is 39.5 Å². The molecule has 0 amide bonds. The Morgan fingerprint density at radius 2 is 1.00 bits per heavy atom. The van der Waals surface area contributed by atoms with Crippen molar-refractivity contribution in [2.75, 3.05) is 0 Å². The first-order valence-corrected chi connectivity index (χ1v) is 2.82. The zero-order valence-corrected chi connectivity index (χ0v) is 5.98. The van der Waals surface area contributed by atoms with Gasteiger partial charge in [0.05, 0.1) is 0 Å². The maximum atomic E-state index is 11.9. The van der Waals surface area contributed by atoms with Crippen LogP contribution in [-0.2, 0) is 0 Å². The monoisotopic (exact) mass is 232 g/mol. The van der Waals surface area contributed by atoms with Crippen LogP contribution in [-0.4, -0.2) is 12.4 Å². The highest BCUT2D eigenvalue weighted by molar-refractivity contribution is 5.04. The first-order chi connectivity index (χ1) is 5.98. The zero-order chi connectivity index (χ0) is 11.7. The van der Waals surface area contributed by atoms with E-state index in [9.17, 15) is 39.5 Å². The third-order valence-electron chi connectivity index (χ3n) is 1.09. The molecule has 0 heterocycles. The molecule has 0 aliphatic heterocycles. The van der Waals surface area contributed by atoms with Crippen molar-refractivity contribution in [3.63, 3.8) is 0 Å². The van der Waals surface area contributed by atoms with Crippen LogP contribution in [0.3, 0.4) is 0 Å². The van der Waals surface area contributed by atoms with Gasteiger partial charge in [0, 0.05) is 0 Å².